The highest BCUT2D eigenvalue weighted by molar-refractivity contribution is 5.82. The molecule has 3 fully saturated rings. The van der Waals surface area contributed by atoms with Crippen molar-refractivity contribution in [2.24, 2.45) is 11.8 Å². The van der Waals surface area contributed by atoms with E-state index in [0.29, 0.717) is 57.4 Å². The van der Waals surface area contributed by atoms with Crippen LogP contribution in [0.15, 0.2) is 36.4 Å². The van der Waals surface area contributed by atoms with E-state index in [9.17, 15) is 18.0 Å². The van der Waals surface area contributed by atoms with Gasteiger partial charge in [0, 0.05) is 69.0 Å². The van der Waals surface area contributed by atoms with Gasteiger partial charge in [-0.1, -0.05) is 18.2 Å². The molecular weight excluding hydrogens is 489 g/mol. The number of alkyl halides is 2. The Bertz CT molecular complexity index is 1200. The second-order valence-electron chi connectivity index (χ2n) is 12.0. The maximum atomic E-state index is 14.8. The van der Waals surface area contributed by atoms with Crippen LogP contribution in [0.2, 0.25) is 0 Å². The van der Waals surface area contributed by atoms with Crippen molar-refractivity contribution in [3.8, 4) is 0 Å². The molecule has 1 amide bonds. The van der Waals surface area contributed by atoms with Gasteiger partial charge in [-0.15, -0.1) is 0 Å². The predicted molar refractivity (Wildman–Crippen MR) is 138 cm³/mol. The zero-order valence-electron chi connectivity index (χ0n) is 22.0. The summed E-state index contributed by atoms with van der Waals surface area (Å²) in [5, 5.41) is 7.05. The third-order valence-corrected chi connectivity index (χ3v) is 9.78. The van der Waals surface area contributed by atoms with Gasteiger partial charge in [0.15, 0.2) is 11.4 Å². The Morgan fingerprint density at radius 2 is 1.82 bits per heavy atom. The van der Waals surface area contributed by atoms with Gasteiger partial charge in [-0.2, -0.15) is 0 Å². The number of rotatable bonds is 3. The lowest BCUT2D eigenvalue weighted by molar-refractivity contribution is -0.402. The summed E-state index contributed by atoms with van der Waals surface area (Å²) in [4.78, 5) is 20.0. The first kappa shape index (κ1) is 25.8. The molecule has 0 bridgehead atoms. The van der Waals surface area contributed by atoms with Crippen LogP contribution >= 0.6 is 0 Å². The Morgan fingerprint density at radius 1 is 1.05 bits per heavy atom. The van der Waals surface area contributed by atoms with Gasteiger partial charge in [0.05, 0.1) is 12.5 Å². The molecule has 2 aromatic rings. The Morgan fingerprint density at radius 3 is 2.61 bits per heavy atom. The van der Waals surface area contributed by atoms with E-state index in [1.807, 2.05) is 24.0 Å². The van der Waals surface area contributed by atoms with Crippen molar-refractivity contribution in [2.75, 3.05) is 26.2 Å². The molecule has 5 nitrogen and oxygen atoms in total. The van der Waals surface area contributed by atoms with Gasteiger partial charge in [0.2, 0.25) is 11.8 Å². The van der Waals surface area contributed by atoms with Crippen molar-refractivity contribution >= 4 is 5.91 Å². The zero-order valence-corrected chi connectivity index (χ0v) is 22.0. The van der Waals surface area contributed by atoms with Crippen molar-refractivity contribution in [1.82, 2.24) is 15.5 Å². The highest BCUT2D eigenvalue weighted by Gasteiger charge is 2.54. The lowest BCUT2D eigenvalue weighted by atomic mass is 9.68. The monoisotopic (exact) mass is 527 g/mol. The minimum absolute atomic E-state index is 0.00575. The summed E-state index contributed by atoms with van der Waals surface area (Å²) < 4.78 is 43.0. The van der Waals surface area contributed by atoms with E-state index in [1.54, 1.807) is 6.07 Å². The summed E-state index contributed by atoms with van der Waals surface area (Å²) in [5.41, 5.74) is 3.73. The van der Waals surface area contributed by atoms with Crippen LogP contribution in [-0.2, 0) is 16.8 Å². The maximum absolute atomic E-state index is 14.8. The summed E-state index contributed by atoms with van der Waals surface area (Å²) in [7, 11) is 0. The van der Waals surface area contributed by atoms with Crippen LogP contribution in [0.1, 0.15) is 67.0 Å². The molecule has 1 spiro atoms. The largest absolute Gasteiger partial charge is 0.339 e. The number of halogens is 3. The van der Waals surface area contributed by atoms with Crippen molar-refractivity contribution in [2.45, 2.75) is 75.3 Å². The Kier molecular flexibility index (Phi) is 6.75. The van der Waals surface area contributed by atoms with E-state index in [4.69, 9.17) is 0 Å². The summed E-state index contributed by atoms with van der Waals surface area (Å²) in [5.74, 6) is -3.00. The fourth-order valence-corrected chi connectivity index (χ4v) is 7.77. The normalized spacial score (nSPS) is 31.4. The fraction of sp³-hybridized carbons (Fsp3) is 0.600. The number of nitrogens with zero attached hydrogens (tertiary/aromatic N) is 1. The quantitative estimate of drug-likeness (QED) is 0.632. The van der Waals surface area contributed by atoms with Gasteiger partial charge >= 0.3 is 0 Å². The average molecular weight is 528 g/mol. The van der Waals surface area contributed by atoms with Crippen molar-refractivity contribution in [3.63, 3.8) is 0 Å². The zero-order chi connectivity index (χ0) is 26.5. The first-order valence-electron chi connectivity index (χ1n) is 14.1. The van der Waals surface area contributed by atoms with Crippen LogP contribution in [0.5, 0.6) is 0 Å². The Balaban J connectivity index is 1.31. The number of piperidine rings is 1. The molecule has 0 radical (unpaired) electrons. The van der Waals surface area contributed by atoms with E-state index in [1.165, 1.54) is 11.6 Å². The lowest BCUT2D eigenvalue weighted by Crippen LogP contribution is -2.58. The predicted octanol–water partition coefficient (Wildman–Crippen LogP) is 4.11. The Labute approximate surface area is 222 Å². The lowest BCUT2D eigenvalue weighted by Gasteiger charge is -2.48. The number of H-pyrrole nitrogens is 1. The molecule has 4 heterocycles. The number of carbonyl (C=O) groups is 1. The SMILES string of the molecule is Cc1ccc2c([nH+]1)CNC[C@]21CNC[C@H]1C(=O)N1CC[C@@H](c2ccccc2F)C[C@H]1C1CCC(F)(F)CC1. The number of fused-ring (bicyclic) bond motifs is 2. The van der Waals surface area contributed by atoms with E-state index in [-0.39, 0.29) is 53.8 Å². The summed E-state index contributed by atoms with van der Waals surface area (Å²) in [6, 6.07) is 11.0. The second-order valence-corrected chi connectivity index (χ2v) is 12.0. The minimum atomic E-state index is -2.63. The van der Waals surface area contributed by atoms with Crippen LogP contribution in [0.25, 0.3) is 0 Å². The molecule has 1 aliphatic carbocycles. The van der Waals surface area contributed by atoms with Gasteiger partial charge in [-0.3, -0.25) is 4.79 Å². The number of likely N-dealkylation sites (tertiary alicyclic amines) is 1. The summed E-state index contributed by atoms with van der Waals surface area (Å²) >= 11 is 0. The van der Waals surface area contributed by atoms with E-state index >= 15 is 0 Å². The van der Waals surface area contributed by atoms with Gasteiger partial charge < -0.3 is 15.5 Å². The first-order chi connectivity index (χ1) is 18.3. The molecule has 8 heteroatoms. The molecule has 204 valence electrons. The van der Waals surface area contributed by atoms with Gasteiger partial charge in [0.25, 0.3) is 0 Å². The molecule has 3 aliphatic heterocycles. The van der Waals surface area contributed by atoms with E-state index in [0.717, 1.165) is 17.9 Å². The molecule has 2 saturated heterocycles. The van der Waals surface area contributed by atoms with Crippen LogP contribution < -0.4 is 15.6 Å². The van der Waals surface area contributed by atoms with Crippen molar-refractivity contribution in [1.29, 1.82) is 0 Å². The van der Waals surface area contributed by atoms with Crippen molar-refractivity contribution < 1.29 is 22.9 Å². The number of hydrogen-bond donors (Lipinski definition) is 2. The number of amides is 1. The number of nitrogens with one attached hydrogen (secondary N) is 3. The third kappa shape index (κ3) is 4.53. The van der Waals surface area contributed by atoms with Crippen LogP contribution in [-0.4, -0.2) is 49.0 Å². The average Bonchev–Trinajstić information content (AvgIpc) is 3.32. The van der Waals surface area contributed by atoms with Crippen molar-refractivity contribution in [3.05, 3.63) is 64.7 Å². The number of pyridine rings is 1. The number of carbonyl (C=O) groups excluding carboxylic acids is 1. The molecule has 1 aromatic carbocycles. The van der Waals surface area contributed by atoms with E-state index < -0.39 is 5.92 Å². The topological polar surface area (TPSA) is 58.5 Å². The number of aromatic amines is 1. The Hall–Kier alpha value is -2.45. The fourth-order valence-electron chi connectivity index (χ4n) is 7.77. The molecule has 3 N–H and O–H groups in total. The highest BCUT2D eigenvalue weighted by Crippen LogP contribution is 2.46. The number of benzene rings is 1. The molecule has 6 rings (SSSR count). The van der Waals surface area contributed by atoms with E-state index in [2.05, 4.69) is 27.8 Å². The first-order valence-corrected chi connectivity index (χ1v) is 14.1. The molecule has 38 heavy (non-hydrogen) atoms. The molecule has 4 atom stereocenters. The standard InChI is InChI=1S/C30H37F3N4O/c1-19-6-7-23-26(36-19)16-35-18-29(23)17-34-15-24(29)28(38)37-13-10-21(22-4-2-3-5-25(22)31)14-27(37)20-8-11-30(32,33)12-9-20/h2-7,20-21,24,27,34-35H,8-18H2,1H3/p+1/t21-,24+,27+,29-/m1/s1. The van der Waals surface area contributed by atoms with Gasteiger partial charge in [-0.25, -0.2) is 18.2 Å². The van der Waals surface area contributed by atoms with Gasteiger partial charge in [0.1, 0.15) is 5.82 Å². The smallest absolute Gasteiger partial charge is 0.248 e. The highest BCUT2D eigenvalue weighted by atomic mass is 19.3. The third-order valence-electron chi connectivity index (χ3n) is 9.78. The summed E-state index contributed by atoms with van der Waals surface area (Å²) in [6.45, 7) is 5.33. The number of hydrogen-bond acceptors (Lipinski definition) is 3. The van der Waals surface area contributed by atoms with Gasteiger partial charge in [-0.05, 0) is 55.2 Å². The molecule has 1 saturated carbocycles. The molecule has 4 aliphatic rings. The van der Waals surface area contributed by atoms with Crippen LogP contribution in [0.3, 0.4) is 0 Å². The number of aryl methyl sites for hydroxylation is 1. The van der Waals surface area contributed by atoms with Crippen LogP contribution in [0, 0.1) is 24.6 Å². The molecule has 1 aromatic heterocycles. The summed E-state index contributed by atoms with van der Waals surface area (Å²) in [6.07, 6.45) is 1.83. The molecule has 0 unspecified atom stereocenters. The maximum Gasteiger partial charge on any atom is 0.248 e. The van der Waals surface area contributed by atoms with Crippen LogP contribution in [0.4, 0.5) is 13.2 Å². The minimum Gasteiger partial charge on any atom is -0.339 e. The number of aromatic nitrogens is 1. The second kappa shape index (κ2) is 9.94. The molecular formula is C30H38F3N4O+.